The molecule has 0 spiro atoms. The predicted octanol–water partition coefficient (Wildman–Crippen LogP) is 5.94. The number of halogens is 2. The lowest BCUT2D eigenvalue weighted by molar-refractivity contribution is 1.24. The maximum Gasteiger partial charge on any atom is 0.102 e. The Labute approximate surface area is 117 Å². The van der Waals surface area contributed by atoms with Gasteiger partial charge in [0, 0.05) is 14.5 Å². The molecular weight excluding hydrogens is 291 g/mol. The maximum absolute atomic E-state index is 6.48. The molecule has 0 bridgehead atoms. The van der Waals surface area contributed by atoms with Crippen LogP contribution in [0.5, 0.6) is 0 Å². The highest BCUT2D eigenvalue weighted by Crippen LogP contribution is 2.40. The van der Waals surface area contributed by atoms with E-state index in [4.69, 9.17) is 23.2 Å². The average molecular weight is 299 g/mol. The van der Waals surface area contributed by atoms with Gasteiger partial charge in [0.15, 0.2) is 0 Å². The van der Waals surface area contributed by atoms with E-state index in [1.807, 2.05) is 24.3 Å². The average Bonchev–Trinajstić information content (AvgIpc) is 2.93. The SMILES string of the molecule is Clc1ccc(C(Cl)c2cc3ccccc3s2)s1. The smallest absolute Gasteiger partial charge is 0.102 e. The van der Waals surface area contributed by atoms with Gasteiger partial charge in [0.05, 0.1) is 4.34 Å². The minimum atomic E-state index is -0.0927. The molecule has 2 heterocycles. The van der Waals surface area contributed by atoms with Gasteiger partial charge in [-0.25, -0.2) is 0 Å². The molecule has 1 aromatic carbocycles. The van der Waals surface area contributed by atoms with E-state index in [2.05, 4.69) is 18.2 Å². The molecule has 0 saturated carbocycles. The van der Waals surface area contributed by atoms with Gasteiger partial charge in [0.25, 0.3) is 0 Å². The zero-order chi connectivity index (χ0) is 11.8. The Morgan fingerprint density at radius 1 is 0.941 bits per heavy atom. The number of hydrogen-bond acceptors (Lipinski definition) is 2. The van der Waals surface area contributed by atoms with Gasteiger partial charge in [0.1, 0.15) is 5.38 Å². The Bertz CT molecular complexity index is 621. The first-order valence-electron chi connectivity index (χ1n) is 5.12. The fourth-order valence-electron chi connectivity index (χ4n) is 1.73. The highest BCUT2D eigenvalue weighted by atomic mass is 35.5. The zero-order valence-corrected chi connectivity index (χ0v) is 11.8. The summed E-state index contributed by atoms with van der Waals surface area (Å²) >= 11 is 15.7. The third-order valence-electron chi connectivity index (χ3n) is 2.54. The van der Waals surface area contributed by atoms with E-state index in [0.29, 0.717) is 0 Å². The molecule has 86 valence electrons. The van der Waals surface area contributed by atoms with Crippen LogP contribution in [0.15, 0.2) is 42.5 Å². The van der Waals surface area contributed by atoms with E-state index >= 15 is 0 Å². The molecule has 3 rings (SSSR count). The van der Waals surface area contributed by atoms with Crippen LogP contribution in [0, 0.1) is 0 Å². The topological polar surface area (TPSA) is 0 Å². The third-order valence-corrected chi connectivity index (χ3v) is 5.74. The number of alkyl halides is 1. The van der Waals surface area contributed by atoms with Crippen molar-refractivity contribution in [2.45, 2.75) is 5.38 Å². The summed E-state index contributed by atoms with van der Waals surface area (Å²) in [5.41, 5.74) is 0. The van der Waals surface area contributed by atoms with Gasteiger partial charge < -0.3 is 0 Å². The van der Waals surface area contributed by atoms with Gasteiger partial charge >= 0.3 is 0 Å². The molecule has 2 aromatic heterocycles. The molecule has 0 aliphatic rings. The molecule has 0 saturated heterocycles. The molecule has 1 atom stereocenters. The molecule has 4 heteroatoms. The van der Waals surface area contributed by atoms with Crippen LogP contribution in [0.2, 0.25) is 4.34 Å². The van der Waals surface area contributed by atoms with Crippen molar-refractivity contribution in [1.82, 2.24) is 0 Å². The lowest BCUT2D eigenvalue weighted by Crippen LogP contribution is -1.83. The summed E-state index contributed by atoms with van der Waals surface area (Å²) in [4.78, 5) is 2.27. The fourth-order valence-corrected chi connectivity index (χ4v) is 4.33. The molecule has 1 unspecified atom stereocenters. The second-order valence-corrected chi connectivity index (χ2v) is 6.99. The number of fused-ring (bicyclic) bond motifs is 1. The van der Waals surface area contributed by atoms with Gasteiger partial charge in [-0.2, -0.15) is 0 Å². The number of hydrogen-bond donors (Lipinski definition) is 0. The first kappa shape index (κ1) is 11.5. The maximum atomic E-state index is 6.48. The quantitative estimate of drug-likeness (QED) is 0.513. The van der Waals surface area contributed by atoms with Gasteiger partial charge in [-0.3, -0.25) is 0 Å². The highest BCUT2D eigenvalue weighted by molar-refractivity contribution is 7.20. The highest BCUT2D eigenvalue weighted by Gasteiger charge is 2.15. The Hall–Kier alpha value is -0.540. The minimum absolute atomic E-state index is 0.0927. The Kier molecular flexibility index (Phi) is 3.14. The van der Waals surface area contributed by atoms with E-state index in [1.54, 1.807) is 22.7 Å². The predicted molar refractivity (Wildman–Crippen MR) is 78.9 cm³/mol. The Morgan fingerprint density at radius 2 is 1.76 bits per heavy atom. The Balaban J connectivity index is 2.03. The van der Waals surface area contributed by atoms with Crippen LogP contribution in [-0.4, -0.2) is 0 Å². The van der Waals surface area contributed by atoms with E-state index in [1.165, 1.54) is 15.0 Å². The van der Waals surface area contributed by atoms with Gasteiger partial charge in [0.2, 0.25) is 0 Å². The second kappa shape index (κ2) is 4.62. The Morgan fingerprint density at radius 3 is 2.47 bits per heavy atom. The van der Waals surface area contributed by atoms with Crippen molar-refractivity contribution in [3.05, 3.63) is 56.6 Å². The van der Waals surface area contributed by atoms with Gasteiger partial charge in [-0.05, 0) is 29.7 Å². The summed E-state index contributed by atoms with van der Waals surface area (Å²) in [7, 11) is 0. The van der Waals surface area contributed by atoms with Crippen LogP contribution in [-0.2, 0) is 0 Å². The lowest BCUT2D eigenvalue weighted by Gasteiger charge is -2.02. The lowest BCUT2D eigenvalue weighted by atomic mass is 10.2. The number of thiophene rings is 2. The second-order valence-electron chi connectivity index (χ2n) is 3.69. The molecule has 0 N–H and O–H groups in total. The standard InChI is InChI=1S/C13H8Cl2S2/c14-12-6-5-10(17-12)13(15)11-7-8-3-1-2-4-9(8)16-11/h1-7,13H. The third kappa shape index (κ3) is 2.23. The van der Waals surface area contributed by atoms with Crippen molar-refractivity contribution in [3.8, 4) is 0 Å². The summed E-state index contributed by atoms with van der Waals surface area (Å²) in [5.74, 6) is 0. The van der Waals surface area contributed by atoms with Crippen LogP contribution in [0.25, 0.3) is 10.1 Å². The number of benzene rings is 1. The summed E-state index contributed by atoms with van der Waals surface area (Å²) in [6.45, 7) is 0. The summed E-state index contributed by atoms with van der Waals surface area (Å²) < 4.78 is 2.06. The molecule has 0 fully saturated rings. The van der Waals surface area contributed by atoms with E-state index in [9.17, 15) is 0 Å². The zero-order valence-electron chi connectivity index (χ0n) is 8.69. The van der Waals surface area contributed by atoms with Gasteiger partial charge in [-0.15, -0.1) is 34.3 Å². The van der Waals surface area contributed by atoms with Crippen molar-refractivity contribution in [2.75, 3.05) is 0 Å². The summed E-state index contributed by atoms with van der Waals surface area (Å²) in [6, 6.07) is 14.4. The molecule has 0 radical (unpaired) electrons. The summed E-state index contributed by atoms with van der Waals surface area (Å²) in [6.07, 6.45) is 0. The van der Waals surface area contributed by atoms with Crippen molar-refractivity contribution < 1.29 is 0 Å². The van der Waals surface area contributed by atoms with Crippen LogP contribution in [0.3, 0.4) is 0 Å². The van der Waals surface area contributed by atoms with E-state index in [-0.39, 0.29) is 5.38 Å². The molecule has 0 aliphatic carbocycles. The molecule has 3 aromatic rings. The van der Waals surface area contributed by atoms with Crippen LogP contribution in [0.4, 0.5) is 0 Å². The van der Waals surface area contributed by atoms with Crippen molar-refractivity contribution in [1.29, 1.82) is 0 Å². The normalized spacial score (nSPS) is 13.1. The van der Waals surface area contributed by atoms with Crippen LogP contribution >= 0.6 is 45.9 Å². The van der Waals surface area contributed by atoms with Crippen molar-refractivity contribution in [2.24, 2.45) is 0 Å². The van der Waals surface area contributed by atoms with Crippen LogP contribution in [0.1, 0.15) is 15.1 Å². The van der Waals surface area contributed by atoms with Gasteiger partial charge in [-0.1, -0.05) is 29.8 Å². The van der Waals surface area contributed by atoms with Crippen molar-refractivity contribution >= 4 is 56.0 Å². The monoisotopic (exact) mass is 298 g/mol. The molecule has 17 heavy (non-hydrogen) atoms. The molecule has 0 aliphatic heterocycles. The molecule has 0 nitrogen and oxygen atoms in total. The first-order chi connectivity index (χ1) is 8.24. The van der Waals surface area contributed by atoms with Crippen LogP contribution < -0.4 is 0 Å². The minimum Gasteiger partial charge on any atom is -0.138 e. The number of rotatable bonds is 2. The summed E-state index contributed by atoms with van der Waals surface area (Å²) in [5, 5.41) is 1.16. The molecule has 0 amide bonds. The fraction of sp³-hybridized carbons (Fsp3) is 0.0769. The van der Waals surface area contributed by atoms with E-state index < -0.39 is 0 Å². The first-order valence-corrected chi connectivity index (χ1v) is 7.56. The van der Waals surface area contributed by atoms with Crippen molar-refractivity contribution in [3.63, 3.8) is 0 Å². The molecular formula is C13H8Cl2S2. The largest absolute Gasteiger partial charge is 0.138 e. The van der Waals surface area contributed by atoms with E-state index in [0.717, 1.165) is 9.21 Å².